The molecule has 0 spiro atoms. The third kappa shape index (κ3) is 6.83. The minimum atomic E-state index is 0.672. The summed E-state index contributed by atoms with van der Waals surface area (Å²) < 4.78 is 2.20. The molecule has 0 amide bonds. The summed E-state index contributed by atoms with van der Waals surface area (Å²) in [5.41, 5.74) is 11.5. The van der Waals surface area contributed by atoms with E-state index in [9.17, 15) is 0 Å². The number of benzene rings is 5. The lowest BCUT2D eigenvalue weighted by Gasteiger charge is -2.22. The van der Waals surface area contributed by atoms with Crippen LogP contribution in [0.5, 0.6) is 0 Å². The monoisotopic (exact) mass is 679 g/mol. The predicted octanol–water partition coefficient (Wildman–Crippen LogP) is 12.2. The molecule has 0 unspecified atom stereocenters. The van der Waals surface area contributed by atoms with Gasteiger partial charge in [0.25, 0.3) is 0 Å². The standard InChI is InChI=1S/C46H39N4S/c1-5-50(41-24-16-9-17-25-41)46-44(47-2)43(34-18-10-6-11-19-34)45(51-46)42(35-26-30-39(31-27-35)48(3)37-20-12-7-13-21-37)36-28-32-40(33-29-36)49(4)38-22-14-8-15-23-38/h6-33H,5H2,1,3-4H3/q+1. The molecule has 1 aromatic heterocycles. The van der Waals surface area contributed by atoms with E-state index in [1.807, 2.05) is 24.3 Å². The SMILES string of the molecule is [C-]#[N+]c1c(N(CC)c2ccccc2)sc(C(=C2C=CC(=[N+](C)c3ccccc3)C=C2)c2ccc(N(C)c3ccccc3)cc2)c1-c1ccccc1. The summed E-state index contributed by atoms with van der Waals surface area (Å²) in [6, 6.07) is 50.4. The molecule has 1 heterocycles. The average Bonchev–Trinajstić information content (AvgIpc) is 3.58. The summed E-state index contributed by atoms with van der Waals surface area (Å²) in [6.07, 6.45) is 8.81. The topological polar surface area (TPSA) is 13.8 Å². The van der Waals surface area contributed by atoms with Gasteiger partial charge in [-0.2, -0.15) is 4.58 Å². The Morgan fingerprint density at radius 2 is 1.20 bits per heavy atom. The van der Waals surface area contributed by atoms with E-state index in [-0.39, 0.29) is 0 Å². The van der Waals surface area contributed by atoms with Crippen LogP contribution >= 0.6 is 11.3 Å². The number of nitrogens with zero attached hydrogens (tertiary/aromatic N) is 4. The Hall–Kier alpha value is -6.22. The summed E-state index contributed by atoms with van der Waals surface area (Å²) in [5, 5.41) is 0.950. The number of thiophene rings is 1. The van der Waals surface area contributed by atoms with Crippen LogP contribution in [0.4, 0.5) is 33.4 Å². The van der Waals surface area contributed by atoms with Gasteiger partial charge in [-0.3, -0.25) is 0 Å². The summed E-state index contributed by atoms with van der Waals surface area (Å²) in [6.45, 7) is 11.5. The number of rotatable bonds is 9. The minimum absolute atomic E-state index is 0.672. The maximum atomic E-state index is 8.57. The summed E-state index contributed by atoms with van der Waals surface area (Å²) in [4.78, 5) is 9.81. The second-order valence-electron chi connectivity index (χ2n) is 12.3. The molecule has 7 rings (SSSR count). The Balaban J connectivity index is 1.45. The maximum absolute atomic E-state index is 8.57. The lowest BCUT2D eigenvalue weighted by atomic mass is 9.91. The number of hydrogen-bond acceptors (Lipinski definition) is 3. The van der Waals surface area contributed by atoms with Crippen LogP contribution in [0, 0.1) is 6.57 Å². The van der Waals surface area contributed by atoms with Gasteiger partial charge in [-0.25, -0.2) is 4.85 Å². The average molecular weight is 680 g/mol. The van der Waals surface area contributed by atoms with Crippen LogP contribution in [0.15, 0.2) is 175 Å². The highest BCUT2D eigenvalue weighted by Gasteiger charge is 2.28. The van der Waals surface area contributed by atoms with Crippen LogP contribution in [0.1, 0.15) is 17.4 Å². The summed E-state index contributed by atoms with van der Waals surface area (Å²) in [5.74, 6) is 0. The molecule has 0 fully saturated rings. The first-order valence-electron chi connectivity index (χ1n) is 17.2. The highest BCUT2D eigenvalue weighted by molar-refractivity contribution is 7.18. The summed E-state index contributed by atoms with van der Waals surface area (Å²) >= 11 is 1.70. The van der Waals surface area contributed by atoms with Crippen LogP contribution < -0.4 is 9.80 Å². The minimum Gasteiger partial charge on any atom is -0.345 e. The van der Waals surface area contributed by atoms with Crippen LogP contribution in [-0.2, 0) is 0 Å². The molecular weight excluding hydrogens is 641 g/mol. The van der Waals surface area contributed by atoms with E-state index in [0.29, 0.717) is 5.69 Å². The zero-order valence-corrected chi connectivity index (χ0v) is 29.9. The fraction of sp³-hybridized carbons (Fsp3) is 0.0870. The van der Waals surface area contributed by atoms with Crippen molar-refractivity contribution in [3.63, 3.8) is 0 Å². The molecule has 5 aromatic carbocycles. The number of anilines is 4. The van der Waals surface area contributed by atoms with E-state index in [4.69, 9.17) is 6.57 Å². The Labute approximate surface area is 305 Å². The van der Waals surface area contributed by atoms with Gasteiger partial charge < -0.3 is 9.80 Å². The second kappa shape index (κ2) is 15.1. The van der Waals surface area contributed by atoms with E-state index >= 15 is 0 Å². The van der Waals surface area contributed by atoms with Crippen LogP contribution in [-0.4, -0.2) is 30.9 Å². The van der Waals surface area contributed by atoms with Crippen molar-refractivity contribution in [3.8, 4) is 11.1 Å². The van der Waals surface area contributed by atoms with Gasteiger partial charge >= 0.3 is 0 Å². The number of hydrogen-bond donors (Lipinski definition) is 0. The fourth-order valence-corrected chi connectivity index (χ4v) is 7.97. The molecule has 1 aliphatic rings. The quantitative estimate of drug-likeness (QED) is 0.111. The Morgan fingerprint density at radius 3 is 1.76 bits per heavy atom. The number of para-hydroxylation sites is 3. The van der Waals surface area contributed by atoms with Gasteiger partial charge in [-0.1, -0.05) is 97.1 Å². The third-order valence-corrected chi connectivity index (χ3v) is 10.5. The van der Waals surface area contributed by atoms with Gasteiger partial charge in [0.05, 0.1) is 6.57 Å². The first kappa shape index (κ1) is 33.3. The molecule has 0 radical (unpaired) electrons. The van der Waals surface area contributed by atoms with Gasteiger partial charge in [0.2, 0.25) is 17.1 Å². The van der Waals surface area contributed by atoms with Gasteiger partial charge in [0.1, 0.15) is 12.0 Å². The van der Waals surface area contributed by atoms with Crippen molar-refractivity contribution in [1.29, 1.82) is 0 Å². The largest absolute Gasteiger partial charge is 0.345 e. The molecular formula is C46H39N4S+. The maximum Gasteiger partial charge on any atom is 0.229 e. The van der Waals surface area contributed by atoms with Gasteiger partial charge in [-0.05, 0) is 72.2 Å². The highest BCUT2D eigenvalue weighted by atomic mass is 32.1. The van der Waals surface area contributed by atoms with E-state index in [0.717, 1.165) is 72.7 Å². The number of allylic oxidation sites excluding steroid dienone is 5. The molecule has 5 heteroatoms. The first-order valence-corrected chi connectivity index (χ1v) is 18.0. The molecule has 0 aliphatic heterocycles. The molecule has 0 N–H and O–H groups in total. The van der Waals surface area contributed by atoms with Crippen molar-refractivity contribution in [3.05, 3.63) is 197 Å². The van der Waals surface area contributed by atoms with E-state index in [2.05, 4.69) is 186 Å². The normalized spacial score (nSPS) is 12.0. The molecule has 248 valence electrons. The lowest BCUT2D eigenvalue weighted by Crippen LogP contribution is -2.14. The van der Waals surface area contributed by atoms with Crippen LogP contribution in [0.2, 0.25) is 0 Å². The Bertz CT molecular complexity index is 2270. The molecule has 0 saturated heterocycles. The van der Waals surface area contributed by atoms with Crippen LogP contribution in [0.3, 0.4) is 0 Å². The van der Waals surface area contributed by atoms with Crippen molar-refractivity contribution in [1.82, 2.24) is 0 Å². The molecule has 51 heavy (non-hydrogen) atoms. The second-order valence-corrected chi connectivity index (χ2v) is 13.3. The Morgan fingerprint density at radius 1 is 0.667 bits per heavy atom. The smallest absolute Gasteiger partial charge is 0.229 e. The van der Waals surface area contributed by atoms with Crippen molar-refractivity contribution in [2.75, 3.05) is 30.4 Å². The van der Waals surface area contributed by atoms with Crippen molar-refractivity contribution >= 4 is 56.1 Å². The molecule has 6 aromatic rings. The van der Waals surface area contributed by atoms with Gasteiger partial charge in [0.15, 0.2) is 0 Å². The third-order valence-electron chi connectivity index (χ3n) is 9.27. The van der Waals surface area contributed by atoms with Gasteiger partial charge in [-0.15, -0.1) is 11.3 Å². The zero-order chi connectivity index (χ0) is 35.2. The van der Waals surface area contributed by atoms with Gasteiger partial charge in [0, 0.05) is 71.0 Å². The van der Waals surface area contributed by atoms with E-state index in [1.54, 1.807) is 11.3 Å². The molecule has 0 saturated carbocycles. The summed E-state index contributed by atoms with van der Waals surface area (Å²) in [7, 11) is 4.20. The van der Waals surface area contributed by atoms with E-state index < -0.39 is 0 Å². The molecule has 0 atom stereocenters. The molecule has 0 bridgehead atoms. The van der Waals surface area contributed by atoms with E-state index in [1.165, 1.54) is 0 Å². The predicted molar refractivity (Wildman–Crippen MR) is 218 cm³/mol. The van der Waals surface area contributed by atoms with Crippen LogP contribution in [0.25, 0.3) is 21.5 Å². The molecule has 1 aliphatic carbocycles. The van der Waals surface area contributed by atoms with Crippen molar-refractivity contribution in [2.45, 2.75) is 6.92 Å². The fourth-order valence-electron chi connectivity index (χ4n) is 6.53. The zero-order valence-electron chi connectivity index (χ0n) is 29.1. The Kier molecular flexibility index (Phi) is 9.87. The van der Waals surface area contributed by atoms with Crippen molar-refractivity contribution in [2.24, 2.45) is 0 Å². The molecule has 4 nitrogen and oxygen atoms in total. The lowest BCUT2D eigenvalue weighted by molar-refractivity contribution is -0.403. The highest BCUT2D eigenvalue weighted by Crippen LogP contribution is 2.54. The first-order chi connectivity index (χ1) is 25.1. The van der Waals surface area contributed by atoms with Crippen molar-refractivity contribution < 1.29 is 4.58 Å².